The van der Waals surface area contributed by atoms with Gasteiger partial charge in [0, 0.05) is 24.0 Å². The first-order valence-electron chi connectivity index (χ1n) is 9.31. The molecule has 0 aliphatic carbocycles. The molecule has 2 amide bonds. The summed E-state index contributed by atoms with van der Waals surface area (Å²) in [6, 6.07) is 0. The van der Waals surface area contributed by atoms with Crippen LogP contribution in [0.1, 0.15) is 27.2 Å². The van der Waals surface area contributed by atoms with E-state index in [1.165, 1.54) is 11.8 Å². The van der Waals surface area contributed by atoms with E-state index in [9.17, 15) is 19.8 Å². The molecule has 5 atom stereocenters. The topological polar surface area (TPSA) is 152 Å². The van der Waals surface area contributed by atoms with E-state index in [-0.39, 0.29) is 13.2 Å². The van der Waals surface area contributed by atoms with Gasteiger partial charge in [0.1, 0.15) is 11.7 Å². The molecule has 0 aromatic rings. The number of piperazine rings is 1. The van der Waals surface area contributed by atoms with Gasteiger partial charge in [0.25, 0.3) is 17.5 Å². The van der Waals surface area contributed by atoms with Gasteiger partial charge in [0.2, 0.25) is 5.72 Å². The van der Waals surface area contributed by atoms with Gasteiger partial charge in [-0.05, 0) is 27.2 Å². The molecule has 0 aromatic carbocycles. The fourth-order valence-electron chi connectivity index (χ4n) is 3.89. The SMILES string of the molecule is CC1(C)OC[C@@](C)([C@H](O)[C@@]23NC(=O)[C@@](O)(NC2=O)C(CSCCN)CCO3)O1. The third-order valence-electron chi connectivity index (χ3n) is 5.40. The first-order valence-corrected chi connectivity index (χ1v) is 10.5. The van der Waals surface area contributed by atoms with E-state index >= 15 is 0 Å². The zero-order valence-corrected chi connectivity index (χ0v) is 17.1. The van der Waals surface area contributed by atoms with Crippen molar-refractivity contribution in [3.05, 3.63) is 0 Å². The molecule has 4 heterocycles. The number of carbonyl (C=O) groups excluding carboxylic acids is 2. The molecule has 4 aliphatic rings. The summed E-state index contributed by atoms with van der Waals surface area (Å²) < 4.78 is 17.1. The van der Waals surface area contributed by atoms with Crippen LogP contribution in [0.3, 0.4) is 0 Å². The molecule has 0 radical (unpaired) electrons. The van der Waals surface area contributed by atoms with E-state index in [1.54, 1.807) is 20.8 Å². The highest BCUT2D eigenvalue weighted by molar-refractivity contribution is 7.99. The van der Waals surface area contributed by atoms with Crippen LogP contribution < -0.4 is 16.4 Å². The Labute approximate surface area is 167 Å². The van der Waals surface area contributed by atoms with E-state index in [1.807, 2.05) is 0 Å². The second-order valence-electron chi connectivity index (χ2n) is 8.11. The van der Waals surface area contributed by atoms with E-state index in [2.05, 4.69) is 10.6 Å². The maximum absolute atomic E-state index is 13.0. The van der Waals surface area contributed by atoms with Gasteiger partial charge in [0.15, 0.2) is 5.79 Å². The number of aliphatic hydroxyl groups is 2. The minimum atomic E-state index is -2.09. The lowest BCUT2D eigenvalue weighted by Gasteiger charge is -2.51. The van der Waals surface area contributed by atoms with E-state index in [0.29, 0.717) is 24.5 Å². The summed E-state index contributed by atoms with van der Waals surface area (Å²) in [5.74, 6) is -2.10. The lowest BCUT2D eigenvalue weighted by Crippen LogP contribution is -2.83. The number of carbonyl (C=O) groups is 2. The number of fused-ring (bicyclic) bond motifs is 5. The molecule has 160 valence electrons. The predicted octanol–water partition coefficient (Wildman–Crippen LogP) is -1.75. The van der Waals surface area contributed by atoms with Crippen molar-refractivity contribution in [2.75, 3.05) is 31.3 Å². The number of rotatable bonds is 6. The molecule has 6 N–H and O–H groups in total. The fourth-order valence-corrected chi connectivity index (χ4v) is 4.92. The van der Waals surface area contributed by atoms with Gasteiger partial charge in [0.05, 0.1) is 13.2 Å². The molecule has 4 rings (SSSR count). The van der Waals surface area contributed by atoms with E-state index < -0.39 is 46.7 Å². The standard InChI is InChI=1S/C17H29N3O7S/c1-14(2)26-9-15(3,27-14)11(21)17-13(23)19-16(24,12(22)20-17)10(4-6-25-17)8-28-7-5-18/h10-11,21,24H,4-9,18H2,1-3H3,(H,19,23)(H,20,22)/t10?,11-,15-,16+,17-/m0/s1. The Kier molecular flexibility index (Phi) is 5.74. The quantitative estimate of drug-likeness (QED) is 0.315. The molecule has 1 unspecified atom stereocenters. The summed E-state index contributed by atoms with van der Waals surface area (Å²) in [5.41, 5.74) is 0.0153. The molecule has 0 spiro atoms. The zero-order chi connectivity index (χ0) is 20.8. The summed E-state index contributed by atoms with van der Waals surface area (Å²) >= 11 is 1.48. The molecule has 4 aliphatic heterocycles. The normalized spacial score (nSPS) is 41.1. The van der Waals surface area contributed by atoms with Crippen LogP contribution >= 0.6 is 11.8 Å². The fraction of sp³-hybridized carbons (Fsp3) is 0.882. The number of amides is 2. The van der Waals surface area contributed by atoms with Crippen LogP contribution in [-0.4, -0.2) is 82.2 Å². The first kappa shape index (κ1) is 21.8. The number of nitrogens with two attached hydrogens (primary N) is 1. The Morgan fingerprint density at radius 3 is 2.57 bits per heavy atom. The second-order valence-corrected chi connectivity index (χ2v) is 9.26. The van der Waals surface area contributed by atoms with Crippen molar-refractivity contribution >= 4 is 23.6 Å². The van der Waals surface area contributed by atoms with Crippen LogP contribution in [0.5, 0.6) is 0 Å². The third kappa shape index (κ3) is 3.53. The largest absolute Gasteiger partial charge is 0.384 e. The summed E-state index contributed by atoms with van der Waals surface area (Å²) in [7, 11) is 0. The van der Waals surface area contributed by atoms with Crippen molar-refractivity contribution in [1.29, 1.82) is 0 Å². The zero-order valence-electron chi connectivity index (χ0n) is 16.3. The van der Waals surface area contributed by atoms with Gasteiger partial charge in [-0.15, -0.1) is 0 Å². The summed E-state index contributed by atoms with van der Waals surface area (Å²) in [5, 5.41) is 26.8. The van der Waals surface area contributed by atoms with Crippen LogP contribution in [0.15, 0.2) is 0 Å². The number of hydrogen-bond acceptors (Lipinski definition) is 9. The molecule has 0 saturated carbocycles. The van der Waals surface area contributed by atoms with Crippen LogP contribution in [-0.2, 0) is 23.8 Å². The monoisotopic (exact) mass is 419 g/mol. The Morgan fingerprint density at radius 2 is 1.96 bits per heavy atom. The van der Waals surface area contributed by atoms with E-state index in [0.717, 1.165) is 0 Å². The number of nitrogens with one attached hydrogen (secondary N) is 2. The van der Waals surface area contributed by atoms with Crippen LogP contribution in [0.25, 0.3) is 0 Å². The lowest BCUT2D eigenvalue weighted by atomic mass is 9.83. The van der Waals surface area contributed by atoms with Crippen molar-refractivity contribution in [2.24, 2.45) is 11.7 Å². The van der Waals surface area contributed by atoms with Gasteiger partial charge in [-0.1, -0.05) is 0 Å². The molecule has 4 saturated heterocycles. The van der Waals surface area contributed by atoms with Crippen LogP contribution in [0, 0.1) is 5.92 Å². The summed E-state index contributed by atoms with van der Waals surface area (Å²) in [4.78, 5) is 25.8. The maximum atomic E-state index is 13.0. The van der Waals surface area contributed by atoms with Crippen molar-refractivity contribution in [3.8, 4) is 0 Å². The highest BCUT2D eigenvalue weighted by atomic mass is 32.2. The average Bonchev–Trinajstić information content (AvgIpc) is 2.90. The molecule has 0 aromatic heterocycles. The smallest absolute Gasteiger partial charge is 0.278 e. The van der Waals surface area contributed by atoms with Crippen molar-refractivity contribution in [2.45, 2.75) is 56.1 Å². The maximum Gasteiger partial charge on any atom is 0.278 e. The number of thioether (sulfide) groups is 1. The Morgan fingerprint density at radius 1 is 1.25 bits per heavy atom. The molecule has 28 heavy (non-hydrogen) atoms. The van der Waals surface area contributed by atoms with Crippen molar-refractivity contribution < 1.29 is 34.0 Å². The van der Waals surface area contributed by atoms with Gasteiger partial charge in [-0.25, -0.2) is 0 Å². The second kappa shape index (κ2) is 7.38. The number of ether oxygens (including phenoxy) is 3. The Bertz CT molecular complexity index is 650. The summed E-state index contributed by atoms with van der Waals surface area (Å²) in [6.45, 7) is 5.47. The lowest BCUT2D eigenvalue weighted by molar-refractivity contribution is -0.247. The third-order valence-corrected chi connectivity index (χ3v) is 6.57. The molecule has 4 fully saturated rings. The van der Waals surface area contributed by atoms with Crippen LogP contribution in [0.4, 0.5) is 0 Å². The van der Waals surface area contributed by atoms with Crippen LogP contribution in [0.2, 0.25) is 0 Å². The van der Waals surface area contributed by atoms with Crippen molar-refractivity contribution in [3.63, 3.8) is 0 Å². The number of hydrogen-bond donors (Lipinski definition) is 5. The first-order chi connectivity index (χ1) is 13.0. The Balaban J connectivity index is 1.86. The van der Waals surface area contributed by atoms with Gasteiger partial charge in [-0.3, -0.25) is 9.59 Å². The highest BCUT2D eigenvalue weighted by Gasteiger charge is 2.66. The van der Waals surface area contributed by atoms with Gasteiger partial charge in [-0.2, -0.15) is 11.8 Å². The Hall–Kier alpha value is -0.950. The minimum Gasteiger partial charge on any atom is -0.384 e. The van der Waals surface area contributed by atoms with E-state index in [4.69, 9.17) is 19.9 Å². The average molecular weight is 420 g/mol. The van der Waals surface area contributed by atoms with Gasteiger partial charge >= 0.3 is 0 Å². The molecular formula is C17H29N3O7S. The van der Waals surface area contributed by atoms with Crippen molar-refractivity contribution in [1.82, 2.24) is 10.6 Å². The van der Waals surface area contributed by atoms with Gasteiger partial charge < -0.3 is 40.8 Å². The number of aliphatic hydroxyl groups excluding tert-OH is 1. The molecular weight excluding hydrogens is 390 g/mol. The molecule has 10 nitrogen and oxygen atoms in total. The summed E-state index contributed by atoms with van der Waals surface area (Å²) in [6.07, 6.45) is -1.26. The highest BCUT2D eigenvalue weighted by Crippen LogP contribution is 2.40. The minimum absolute atomic E-state index is 0.00194. The molecule has 2 bridgehead atoms. The predicted molar refractivity (Wildman–Crippen MR) is 99.9 cm³/mol. The molecule has 11 heteroatoms.